The number of fused-ring (bicyclic) bond motifs is 1. The summed E-state index contributed by atoms with van der Waals surface area (Å²) < 4.78 is 0. The number of carbonyl (C=O) groups is 2. The van der Waals surface area contributed by atoms with Gasteiger partial charge in [0.1, 0.15) is 5.82 Å². The largest absolute Gasteiger partial charge is 0.353 e. The van der Waals surface area contributed by atoms with Gasteiger partial charge in [-0.2, -0.15) is 0 Å². The third-order valence-corrected chi connectivity index (χ3v) is 6.46. The second-order valence-corrected chi connectivity index (χ2v) is 8.70. The average molecular weight is 465 g/mol. The van der Waals surface area contributed by atoms with Crippen LogP contribution in [0.15, 0.2) is 91.1 Å². The molecular weight excluding hydrogens is 436 g/mol. The summed E-state index contributed by atoms with van der Waals surface area (Å²) in [6.45, 7) is 3.24. The Bertz CT molecular complexity index is 1310. The summed E-state index contributed by atoms with van der Waals surface area (Å²) in [5.74, 6) is 0.769. The quantitative estimate of drug-likeness (QED) is 0.465. The van der Waals surface area contributed by atoms with E-state index in [-0.39, 0.29) is 11.8 Å². The molecule has 0 saturated carbocycles. The Kier molecular flexibility index (Phi) is 6.70. The van der Waals surface area contributed by atoms with Gasteiger partial charge in [0, 0.05) is 44.5 Å². The molecule has 0 radical (unpaired) electrons. The molecule has 3 aromatic carbocycles. The number of hydrogen-bond acceptors (Lipinski definition) is 4. The average Bonchev–Trinajstić information content (AvgIpc) is 2.93. The first-order chi connectivity index (χ1) is 17.2. The van der Waals surface area contributed by atoms with Crippen LogP contribution in [0.5, 0.6) is 0 Å². The van der Waals surface area contributed by atoms with Crippen LogP contribution in [0.1, 0.15) is 26.3 Å². The minimum atomic E-state index is -0.120. The van der Waals surface area contributed by atoms with Crippen LogP contribution in [0, 0.1) is 0 Å². The molecule has 0 atom stereocenters. The third-order valence-electron chi connectivity index (χ3n) is 6.46. The Morgan fingerprint density at radius 2 is 1.54 bits per heavy atom. The molecule has 176 valence electrons. The van der Waals surface area contributed by atoms with E-state index >= 15 is 0 Å². The van der Waals surface area contributed by atoms with Gasteiger partial charge < -0.3 is 15.1 Å². The topological polar surface area (TPSA) is 65.5 Å². The number of nitrogens with zero attached hydrogens (tertiary/aromatic N) is 3. The van der Waals surface area contributed by atoms with E-state index in [1.807, 2.05) is 77.7 Å². The van der Waals surface area contributed by atoms with E-state index in [0.717, 1.165) is 28.6 Å². The van der Waals surface area contributed by atoms with Crippen molar-refractivity contribution in [1.29, 1.82) is 0 Å². The van der Waals surface area contributed by atoms with Crippen molar-refractivity contribution in [2.75, 3.05) is 37.6 Å². The second kappa shape index (κ2) is 10.4. The monoisotopic (exact) mass is 464 g/mol. The van der Waals surface area contributed by atoms with Gasteiger partial charge in [-0.3, -0.25) is 9.59 Å². The zero-order valence-electron chi connectivity index (χ0n) is 19.6. The number of anilines is 1. The molecule has 0 aliphatic carbocycles. The highest BCUT2D eigenvalue weighted by Crippen LogP contribution is 2.21. The Labute approximate surface area is 205 Å². The van der Waals surface area contributed by atoms with Gasteiger partial charge in [0.15, 0.2) is 0 Å². The highest BCUT2D eigenvalue weighted by Gasteiger charge is 2.24. The number of amides is 2. The van der Waals surface area contributed by atoms with Gasteiger partial charge >= 0.3 is 0 Å². The van der Waals surface area contributed by atoms with Gasteiger partial charge in [0.05, 0.1) is 5.56 Å². The molecule has 1 N–H and O–H groups in total. The Balaban J connectivity index is 1.15. The minimum Gasteiger partial charge on any atom is -0.353 e. The SMILES string of the molecule is O=C(NCCc1ccccc1)c1ccc(N2CCN(C(=O)c3cccc4ccccc34)CC2)nc1. The summed E-state index contributed by atoms with van der Waals surface area (Å²) in [5.41, 5.74) is 2.49. The Hall–Kier alpha value is -4.19. The van der Waals surface area contributed by atoms with Crippen molar-refractivity contribution >= 4 is 28.4 Å². The standard InChI is InChI=1S/C29H28N4O2/c34-28(30-16-15-22-7-2-1-3-8-22)24-13-14-27(31-21-24)32-17-19-33(20-18-32)29(35)26-12-6-10-23-9-4-5-11-25(23)26/h1-14,21H,15-20H2,(H,30,34). The van der Waals surface area contributed by atoms with Gasteiger partial charge in [0.25, 0.3) is 11.8 Å². The maximum atomic E-state index is 13.2. The van der Waals surface area contributed by atoms with E-state index in [1.165, 1.54) is 5.56 Å². The number of rotatable bonds is 6. The first-order valence-corrected chi connectivity index (χ1v) is 12.0. The lowest BCUT2D eigenvalue weighted by Crippen LogP contribution is -2.49. The van der Waals surface area contributed by atoms with Crippen molar-refractivity contribution in [3.63, 3.8) is 0 Å². The fraction of sp³-hybridized carbons (Fsp3) is 0.207. The van der Waals surface area contributed by atoms with E-state index < -0.39 is 0 Å². The van der Waals surface area contributed by atoms with Crippen LogP contribution < -0.4 is 10.2 Å². The summed E-state index contributed by atoms with van der Waals surface area (Å²) >= 11 is 0. The van der Waals surface area contributed by atoms with Gasteiger partial charge in [-0.1, -0.05) is 66.7 Å². The zero-order valence-corrected chi connectivity index (χ0v) is 19.6. The van der Waals surface area contributed by atoms with Gasteiger partial charge in [-0.25, -0.2) is 4.98 Å². The molecule has 2 heterocycles. The molecule has 35 heavy (non-hydrogen) atoms. The first-order valence-electron chi connectivity index (χ1n) is 12.0. The molecule has 1 aromatic heterocycles. The lowest BCUT2D eigenvalue weighted by Gasteiger charge is -2.35. The summed E-state index contributed by atoms with van der Waals surface area (Å²) in [5, 5.41) is 5.02. The van der Waals surface area contributed by atoms with Crippen molar-refractivity contribution in [1.82, 2.24) is 15.2 Å². The number of nitrogens with one attached hydrogen (secondary N) is 1. The minimum absolute atomic E-state index is 0.0666. The molecule has 1 saturated heterocycles. The van der Waals surface area contributed by atoms with E-state index in [1.54, 1.807) is 6.20 Å². The summed E-state index contributed by atoms with van der Waals surface area (Å²) in [7, 11) is 0. The van der Waals surface area contributed by atoms with Gasteiger partial charge in [0.2, 0.25) is 0 Å². The molecule has 0 spiro atoms. The van der Waals surface area contributed by atoms with Crippen molar-refractivity contribution in [2.24, 2.45) is 0 Å². The van der Waals surface area contributed by atoms with Crippen LogP contribution in [0.4, 0.5) is 5.82 Å². The van der Waals surface area contributed by atoms with Crippen LogP contribution in [-0.2, 0) is 6.42 Å². The molecular formula is C29H28N4O2. The highest BCUT2D eigenvalue weighted by atomic mass is 16.2. The van der Waals surface area contributed by atoms with E-state index in [4.69, 9.17) is 0 Å². The first kappa shape index (κ1) is 22.6. The highest BCUT2D eigenvalue weighted by molar-refractivity contribution is 6.07. The zero-order chi connectivity index (χ0) is 24.0. The molecule has 1 aliphatic rings. The molecule has 5 rings (SSSR count). The van der Waals surface area contributed by atoms with Crippen molar-refractivity contribution in [3.8, 4) is 0 Å². The number of hydrogen-bond donors (Lipinski definition) is 1. The molecule has 1 fully saturated rings. The van der Waals surface area contributed by atoms with Crippen LogP contribution in [0.3, 0.4) is 0 Å². The number of aromatic nitrogens is 1. The second-order valence-electron chi connectivity index (χ2n) is 8.70. The lowest BCUT2D eigenvalue weighted by molar-refractivity contribution is 0.0748. The summed E-state index contributed by atoms with van der Waals surface area (Å²) in [4.78, 5) is 34.2. The molecule has 4 aromatic rings. The van der Waals surface area contributed by atoms with Crippen molar-refractivity contribution in [2.45, 2.75) is 6.42 Å². The predicted octanol–water partition coefficient (Wildman–Crippen LogP) is 4.17. The van der Waals surface area contributed by atoms with Crippen LogP contribution in [0.25, 0.3) is 10.8 Å². The molecule has 0 unspecified atom stereocenters. The fourth-order valence-corrected chi connectivity index (χ4v) is 4.50. The summed E-state index contributed by atoms with van der Waals surface area (Å²) in [6, 6.07) is 27.7. The smallest absolute Gasteiger partial charge is 0.254 e. The van der Waals surface area contributed by atoms with E-state index in [2.05, 4.69) is 27.3 Å². The maximum Gasteiger partial charge on any atom is 0.254 e. The van der Waals surface area contributed by atoms with E-state index in [9.17, 15) is 9.59 Å². The lowest BCUT2D eigenvalue weighted by atomic mass is 10.0. The Morgan fingerprint density at radius 1 is 0.800 bits per heavy atom. The molecule has 0 bridgehead atoms. The van der Waals surface area contributed by atoms with E-state index in [0.29, 0.717) is 38.3 Å². The van der Waals surface area contributed by atoms with Gasteiger partial charge in [-0.05, 0) is 41.0 Å². The number of benzene rings is 3. The fourth-order valence-electron chi connectivity index (χ4n) is 4.50. The summed E-state index contributed by atoms with van der Waals surface area (Å²) in [6.07, 6.45) is 2.42. The van der Waals surface area contributed by atoms with Crippen LogP contribution in [0.2, 0.25) is 0 Å². The number of piperazine rings is 1. The van der Waals surface area contributed by atoms with Crippen LogP contribution >= 0.6 is 0 Å². The van der Waals surface area contributed by atoms with Crippen LogP contribution in [-0.4, -0.2) is 54.4 Å². The third kappa shape index (κ3) is 5.17. The number of carbonyl (C=O) groups excluding carboxylic acids is 2. The van der Waals surface area contributed by atoms with Crippen molar-refractivity contribution in [3.05, 3.63) is 108 Å². The molecule has 2 amide bonds. The predicted molar refractivity (Wildman–Crippen MR) is 139 cm³/mol. The molecule has 1 aliphatic heterocycles. The normalized spacial score (nSPS) is 13.6. The molecule has 6 nitrogen and oxygen atoms in total. The van der Waals surface area contributed by atoms with Crippen molar-refractivity contribution < 1.29 is 9.59 Å². The Morgan fingerprint density at radius 3 is 2.31 bits per heavy atom. The molecule has 6 heteroatoms. The number of pyridine rings is 1. The maximum absolute atomic E-state index is 13.2. The van der Waals surface area contributed by atoms with Gasteiger partial charge in [-0.15, -0.1) is 0 Å².